The minimum Gasteiger partial charge on any atom is -0.316 e. The summed E-state index contributed by atoms with van der Waals surface area (Å²) in [4.78, 5) is 9.50. The van der Waals surface area contributed by atoms with Crippen LogP contribution >= 0.6 is 0 Å². The molecule has 1 saturated carbocycles. The molecular formula is C17H27N3. The Hall–Kier alpha value is -0.960. The van der Waals surface area contributed by atoms with E-state index in [1.807, 2.05) is 0 Å². The summed E-state index contributed by atoms with van der Waals surface area (Å²) in [6.07, 6.45) is 8.18. The zero-order valence-corrected chi connectivity index (χ0v) is 13.1. The van der Waals surface area contributed by atoms with Crippen LogP contribution in [0, 0.1) is 11.8 Å². The van der Waals surface area contributed by atoms with Gasteiger partial charge in [-0.25, -0.2) is 9.97 Å². The highest BCUT2D eigenvalue weighted by atomic mass is 14.9. The number of rotatable bonds is 5. The topological polar surface area (TPSA) is 37.8 Å². The summed E-state index contributed by atoms with van der Waals surface area (Å²) >= 11 is 0. The number of nitrogens with one attached hydrogen (secondary N) is 1. The molecule has 110 valence electrons. The van der Waals surface area contributed by atoms with Gasteiger partial charge in [-0.3, -0.25) is 0 Å². The fourth-order valence-corrected chi connectivity index (χ4v) is 3.04. The van der Waals surface area contributed by atoms with Crippen molar-refractivity contribution < 1.29 is 0 Å². The van der Waals surface area contributed by atoms with Gasteiger partial charge in [0.2, 0.25) is 0 Å². The maximum absolute atomic E-state index is 4.86. The second kappa shape index (κ2) is 5.44. The molecule has 0 aromatic carbocycles. The van der Waals surface area contributed by atoms with Crippen molar-refractivity contribution in [2.24, 2.45) is 11.8 Å². The quantitative estimate of drug-likeness (QED) is 0.896. The highest BCUT2D eigenvalue weighted by Gasteiger charge is 2.42. The molecule has 1 heterocycles. The molecular weight excluding hydrogens is 246 g/mol. The molecule has 2 aliphatic rings. The van der Waals surface area contributed by atoms with Gasteiger partial charge in [-0.05, 0) is 62.6 Å². The van der Waals surface area contributed by atoms with E-state index in [4.69, 9.17) is 4.98 Å². The summed E-state index contributed by atoms with van der Waals surface area (Å²) in [5, 5.41) is 3.59. The van der Waals surface area contributed by atoms with Crippen molar-refractivity contribution in [3.05, 3.63) is 23.3 Å². The van der Waals surface area contributed by atoms with E-state index in [0.29, 0.717) is 5.41 Å². The van der Waals surface area contributed by atoms with Crippen LogP contribution in [0.4, 0.5) is 0 Å². The van der Waals surface area contributed by atoms with Gasteiger partial charge in [0.15, 0.2) is 0 Å². The van der Waals surface area contributed by atoms with Crippen molar-refractivity contribution in [1.29, 1.82) is 0 Å². The zero-order valence-electron chi connectivity index (χ0n) is 13.1. The third-order valence-corrected chi connectivity index (χ3v) is 4.78. The number of aryl methyl sites for hydroxylation is 1. The molecule has 0 amide bonds. The van der Waals surface area contributed by atoms with Crippen LogP contribution in [0.1, 0.15) is 57.1 Å². The van der Waals surface area contributed by atoms with Crippen molar-refractivity contribution in [1.82, 2.24) is 15.3 Å². The van der Waals surface area contributed by atoms with Crippen LogP contribution in [0.5, 0.6) is 0 Å². The van der Waals surface area contributed by atoms with E-state index in [0.717, 1.165) is 43.6 Å². The molecule has 2 aliphatic carbocycles. The summed E-state index contributed by atoms with van der Waals surface area (Å²) in [5.74, 6) is 2.58. The first-order chi connectivity index (χ1) is 9.57. The smallest absolute Gasteiger partial charge is 0.134 e. The molecule has 1 atom stereocenters. The summed E-state index contributed by atoms with van der Waals surface area (Å²) < 4.78 is 0. The van der Waals surface area contributed by atoms with Crippen LogP contribution in [-0.4, -0.2) is 23.1 Å². The molecule has 1 aromatic heterocycles. The monoisotopic (exact) mass is 273 g/mol. The Balaban J connectivity index is 1.61. The molecule has 3 rings (SSSR count). The fourth-order valence-electron chi connectivity index (χ4n) is 3.04. The first-order valence-corrected chi connectivity index (χ1v) is 8.13. The Bertz CT molecular complexity index is 477. The van der Waals surface area contributed by atoms with Gasteiger partial charge in [-0.1, -0.05) is 20.8 Å². The van der Waals surface area contributed by atoms with Gasteiger partial charge in [0.1, 0.15) is 5.82 Å². The van der Waals surface area contributed by atoms with Crippen molar-refractivity contribution >= 4 is 0 Å². The van der Waals surface area contributed by atoms with Crippen LogP contribution in [-0.2, 0) is 18.3 Å². The molecule has 0 aliphatic heterocycles. The van der Waals surface area contributed by atoms with E-state index in [-0.39, 0.29) is 0 Å². The minimum atomic E-state index is 0.296. The minimum absolute atomic E-state index is 0.296. The fraction of sp³-hybridized carbons (Fsp3) is 0.765. The highest BCUT2D eigenvalue weighted by Crippen LogP contribution is 2.46. The van der Waals surface area contributed by atoms with E-state index in [1.165, 1.54) is 30.5 Å². The van der Waals surface area contributed by atoms with Crippen LogP contribution in [0.15, 0.2) is 6.20 Å². The lowest BCUT2D eigenvalue weighted by molar-refractivity contribution is 0.404. The molecule has 3 nitrogen and oxygen atoms in total. The molecule has 20 heavy (non-hydrogen) atoms. The normalized spacial score (nSPS) is 23.7. The molecule has 0 spiro atoms. The van der Waals surface area contributed by atoms with E-state index < -0.39 is 0 Å². The molecule has 1 fully saturated rings. The molecule has 0 radical (unpaired) electrons. The molecule has 0 bridgehead atoms. The van der Waals surface area contributed by atoms with Gasteiger partial charge >= 0.3 is 0 Å². The highest BCUT2D eigenvalue weighted by molar-refractivity contribution is 5.25. The number of hydrogen-bond donors (Lipinski definition) is 1. The van der Waals surface area contributed by atoms with Crippen LogP contribution in [0.25, 0.3) is 0 Å². The SMILES string of the molecule is CC(C)CNCC1CCc2nc(C3(C)CC3)ncc2C1. The molecule has 1 aromatic rings. The standard InChI is InChI=1S/C17H27N3/c1-12(2)9-18-10-13-4-5-15-14(8-13)11-19-16(20-15)17(3)6-7-17/h11-13,18H,4-10H2,1-3H3. The second-order valence-electron chi connectivity index (χ2n) is 7.39. The number of fused-ring (bicyclic) bond motifs is 1. The van der Waals surface area contributed by atoms with Gasteiger partial charge in [-0.15, -0.1) is 0 Å². The van der Waals surface area contributed by atoms with Crippen molar-refractivity contribution in [3.63, 3.8) is 0 Å². The van der Waals surface area contributed by atoms with Crippen molar-refractivity contribution in [2.75, 3.05) is 13.1 Å². The van der Waals surface area contributed by atoms with Crippen LogP contribution < -0.4 is 5.32 Å². The van der Waals surface area contributed by atoms with Crippen LogP contribution in [0.3, 0.4) is 0 Å². The first-order valence-electron chi connectivity index (χ1n) is 8.13. The number of aromatic nitrogens is 2. The molecule has 0 saturated heterocycles. The first kappa shape index (κ1) is 14.0. The lowest BCUT2D eigenvalue weighted by atomic mass is 9.87. The Morgan fingerprint density at radius 3 is 2.90 bits per heavy atom. The van der Waals surface area contributed by atoms with Crippen molar-refractivity contribution in [2.45, 2.75) is 58.3 Å². The Labute approximate surface area is 122 Å². The predicted octanol–water partition coefficient (Wildman–Crippen LogP) is 2.88. The molecule has 1 unspecified atom stereocenters. The number of nitrogens with zero attached hydrogens (tertiary/aromatic N) is 2. The zero-order chi connectivity index (χ0) is 14.2. The largest absolute Gasteiger partial charge is 0.316 e. The third-order valence-electron chi connectivity index (χ3n) is 4.78. The summed E-state index contributed by atoms with van der Waals surface area (Å²) in [6.45, 7) is 9.07. The van der Waals surface area contributed by atoms with Crippen molar-refractivity contribution in [3.8, 4) is 0 Å². The predicted molar refractivity (Wildman–Crippen MR) is 81.8 cm³/mol. The van der Waals surface area contributed by atoms with E-state index in [2.05, 4.69) is 37.3 Å². The summed E-state index contributed by atoms with van der Waals surface area (Å²) in [6, 6.07) is 0. The van der Waals surface area contributed by atoms with E-state index in [9.17, 15) is 0 Å². The maximum Gasteiger partial charge on any atom is 0.134 e. The van der Waals surface area contributed by atoms with Gasteiger partial charge in [0.25, 0.3) is 0 Å². The number of hydrogen-bond acceptors (Lipinski definition) is 3. The average molecular weight is 273 g/mol. The molecule has 3 heteroatoms. The summed E-state index contributed by atoms with van der Waals surface area (Å²) in [5.41, 5.74) is 3.01. The van der Waals surface area contributed by atoms with E-state index in [1.54, 1.807) is 0 Å². The second-order valence-corrected chi connectivity index (χ2v) is 7.39. The van der Waals surface area contributed by atoms with Gasteiger partial charge in [0, 0.05) is 17.3 Å². The lowest BCUT2D eigenvalue weighted by Crippen LogP contribution is -2.30. The average Bonchev–Trinajstić information content (AvgIpc) is 3.17. The van der Waals surface area contributed by atoms with Gasteiger partial charge in [-0.2, -0.15) is 0 Å². The lowest BCUT2D eigenvalue weighted by Gasteiger charge is -2.25. The third kappa shape index (κ3) is 3.03. The van der Waals surface area contributed by atoms with Gasteiger partial charge in [0.05, 0.1) is 0 Å². The van der Waals surface area contributed by atoms with Gasteiger partial charge < -0.3 is 5.32 Å². The van der Waals surface area contributed by atoms with Crippen LogP contribution in [0.2, 0.25) is 0 Å². The van der Waals surface area contributed by atoms with E-state index >= 15 is 0 Å². The molecule has 1 N–H and O–H groups in total. The maximum atomic E-state index is 4.86. The Kier molecular flexibility index (Phi) is 3.80. The summed E-state index contributed by atoms with van der Waals surface area (Å²) in [7, 11) is 0. The Morgan fingerprint density at radius 1 is 1.40 bits per heavy atom. The Morgan fingerprint density at radius 2 is 2.20 bits per heavy atom.